The molecule has 6 heteroatoms. The molecule has 0 saturated carbocycles. The molecular weight excluding hydrogens is 328 g/mol. The van der Waals surface area contributed by atoms with Crippen molar-refractivity contribution in [3.8, 4) is 11.5 Å². The van der Waals surface area contributed by atoms with E-state index >= 15 is 0 Å². The number of halogens is 1. The van der Waals surface area contributed by atoms with E-state index in [1.165, 1.54) is 0 Å². The maximum Gasteiger partial charge on any atom is 0.275 e. The summed E-state index contributed by atoms with van der Waals surface area (Å²) in [6, 6.07) is 12.6. The summed E-state index contributed by atoms with van der Waals surface area (Å²) in [6.07, 6.45) is 1.65. The summed E-state index contributed by atoms with van der Waals surface area (Å²) in [6.45, 7) is 0. The topological polar surface area (TPSA) is 59.9 Å². The second kappa shape index (κ2) is 6.76. The number of carbonyl (C=O) groups is 1. The van der Waals surface area contributed by atoms with Gasteiger partial charge >= 0.3 is 0 Å². The third-order valence-corrected chi connectivity index (χ3v) is 3.90. The van der Waals surface area contributed by atoms with Crippen LogP contribution in [0.3, 0.4) is 0 Å². The maximum absolute atomic E-state index is 12.3. The van der Waals surface area contributed by atoms with Gasteiger partial charge in [-0.3, -0.25) is 4.79 Å². The molecule has 1 aliphatic rings. The molecule has 0 unspecified atom stereocenters. The van der Waals surface area contributed by atoms with Crippen LogP contribution in [0.2, 0.25) is 5.02 Å². The number of methoxy groups -OCH3 is 2. The number of nitrogens with zero attached hydrogens (tertiary/aromatic N) is 1. The number of amidine groups is 1. The minimum atomic E-state index is -0.308. The molecule has 0 fully saturated rings. The van der Waals surface area contributed by atoms with Crippen molar-refractivity contribution in [2.24, 2.45) is 4.99 Å². The van der Waals surface area contributed by atoms with Gasteiger partial charge in [0, 0.05) is 5.02 Å². The van der Waals surface area contributed by atoms with E-state index < -0.39 is 0 Å². The Bertz CT molecular complexity index is 837. The molecule has 0 radical (unpaired) electrons. The van der Waals surface area contributed by atoms with Crippen molar-refractivity contribution in [1.82, 2.24) is 5.32 Å². The van der Waals surface area contributed by atoms with Gasteiger partial charge in [0.15, 0.2) is 0 Å². The summed E-state index contributed by atoms with van der Waals surface area (Å²) in [4.78, 5) is 16.6. The van der Waals surface area contributed by atoms with E-state index in [1.807, 2.05) is 18.2 Å². The molecule has 0 aromatic heterocycles. The van der Waals surface area contributed by atoms with Gasteiger partial charge in [0.1, 0.15) is 28.6 Å². The molecule has 1 aliphatic heterocycles. The highest BCUT2D eigenvalue weighted by Crippen LogP contribution is 2.30. The van der Waals surface area contributed by atoms with Gasteiger partial charge in [-0.1, -0.05) is 35.9 Å². The molecule has 24 heavy (non-hydrogen) atoms. The highest BCUT2D eigenvalue weighted by molar-refractivity contribution is 6.32. The van der Waals surface area contributed by atoms with Crippen molar-refractivity contribution in [3.63, 3.8) is 0 Å². The third kappa shape index (κ3) is 2.98. The number of rotatable bonds is 4. The molecule has 0 atom stereocenters. The highest BCUT2D eigenvalue weighted by Gasteiger charge is 2.26. The lowest BCUT2D eigenvalue weighted by Gasteiger charge is -2.12. The lowest BCUT2D eigenvalue weighted by atomic mass is 10.1. The molecule has 1 amide bonds. The zero-order chi connectivity index (χ0) is 17.1. The first-order chi connectivity index (χ1) is 11.6. The summed E-state index contributed by atoms with van der Waals surface area (Å²) in [7, 11) is 3.10. The number of benzene rings is 2. The van der Waals surface area contributed by atoms with Gasteiger partial charge in [0.2, 0.25) is 0 Å². The lowest BCUT2D eigenvalue weighted by Crippen LogP contribution is -2.25. The molecule has 0 saturated heterocycles. The second-order valence-electron chi connectivity index (χ2n) is 5.00. The molecule has 1 N–H and O–H groups in total. The molecule has 2 aromatic rings. The fraction of sp³-hybridized carbons (Fsp3) is 0.111. The maximum atomic E-state index is 12.3. The van der Waals surface area contributed by atoms with Crippen molar-refractivity contribution >= 4 is 29.4 Å². The van der Waals surface area contributed by atoms with Crippen LogP contribution in [0.5, 0.6) is 11.5 Å². The zero-order valence-electron chi connectivity index (χ0n) is 13.2. The lowest BCUT2D eigenvalue weighted by molar-refractivity contribution is -0.115. The van der Waals surface area contributed by atoms with Gasteiger partial charge in [-0.05, 0) is 29.8 Å². The molecule has 5 nitrogen and oxygen atoms in total. The van der Waals surface area contributed by atoms with E-state index in [1.54, 1.807) is 44.6 Å². The Morgan fingerprint density at radius 2 is 1.71 bits per heavy atom. The molecule has 0 aliphatic carbocycles. The molecule has 0 bridgehead atoms. The molecule has 122 valence electrons. The van der Waals surface area contributed by atoms with Gasteiger partial charge in [-0.25, -0.2) is 4.99 Å². The number of nitrogens with one attached hydrogen (secondary N) is 1. The van der Waals surface area contributed by atoms with Crippen LogP contribution < -0.4 is 14.8 Å². The van der Waals surface area contributed by atoms with Gasteiger partial charge in [-0.15, -0.1) is 0 Å². The Morgan fingerprint density at radius 3 is 2.33 bits per heavy atom. The van der Waals surface area contributed by atoms with Gasteiger partial charge in [-0.2, -0.15) is 0 Å². The molecular formula is C18H15ClN2O3. The van der Waals surface area contributed by atoms with Crippen molar-refractivity contribution in [1.29, 1.82) is 0 Å². The predicted molar refractivity (Wildman–Crippen MR) is 93.7 cm³/mol. The summed E-state index contributed by atoms with van der Waals surface area (Å²) >= 11 is 6.13. The van der Waals surface area contributed by atoms with Crippen LogP contribution in [0.1, 0.15) is 11.1 Å². The van der Waals surface area contributed by atoms with Crippen LogP contribution in [-0.4, -0.2) is 26.0 Å². The first-order valence-corrected chi connectivity index (χ1v) is 7.59. The Morgan fingerprint density at radius 1 is 1.04 bits per heavy atom. The summed E-state index contributed by atoms with van der Waals surface area (Å²) in [5.74, 6) is 1.20. The van der Waals surface area contributed by atoms with E-state index in [9.17, 15) is 4.79 Å². The van der Waals surface area contributed by atoms with Gasteiger partial charge < -0.3 is 14.8 Å². The SMILES string of the molecule is COc1cccc(OC)c1C1=N/C(=C\c2ccccc2Cl)C(=O)N1. The standard InChI is InChI=1S/C18H15ClN2O3/c1-23-14-8-5-9-15(24-2)16(14)17-20-13(18(22)21-17)10-11-6-3-4-7-12(11)19/h3-10H,1-2H3,(H,20,21,22)/b13-10-. The average molecular weight is 343 g/mol. The van der Waals surface area contributed by atoms with E-state index in [0.29, 0.717) is 27.9 Å². The first-order valence-electron chi connectivity index (χ1n) is 7.21. The number of aliphatic imine (C=N–C) groups is 1. The Balaban J connectivity index is 2.06. The van der Waals surface area contributed by atoms with Crippen molar-refractivity contribution in [3.05, 3.63) is 64.3 Å². The molecule has 0 spiro atoms. The summed E-state index contributed by atoms with van der Waals surface area (Å²) in [5.41, 5.74) is 1.59. The van der Waals surface area contributed by atoms with Crippen molar-refractivity contribution in [2.45, 2.75) is 0 Å². The van der Waals surface area contributed by atoms with E-state index in [-0.39, 0.29) is 11.6 Å². The number of hydrogen-bond acceptors (Lipinski definition) is 4. The minimum absolute atomic E-state index is 0.269. The van der Waals surface area contributed by atoms with Crippen LogP contribution in [0.15, 0.2) is 53.2 Å². The highest BCUT2D eigenvalue weighted by atomic mass is 35.5. The van der Waals surface area contributed by atoms with Gasteiger partial charge in [0.05, 0.1) is 14.2 Å². The van der Waals surface area contributed by atoms with Crippen LogP contribution in [0.4, 0.5) is 0 Å². The second-order valence-corrected chi connectivity index (χ2v) is 5.41. The van der Waals surface area contributed by atoms with Crippen LogP contribution in [-0.2, 0) is 4.79 Å². The minimum Gasteiger partial charge on any atom is -0.496 e. The summed E-state index contributed by atoms with van der Waals surface area (Å²) in [5, 5.41) is 3.30. The van der Waals surface area contributed by atoms with E-state index in [4.69, 9.17) is 21.1 Å². The van der Waals surface area contributed by atoms with Crippen molar-refractivity contribution in [2.75, 3.05) is 14.2 Å². The average Bonchev–Trinajstić information content (AvgIpc) is 2.96. The van der Waals surface area contributed by atoms with Crippen LogP contribution in [0, 0.1) is 0 Å². The molecule has 2 aromatic carbocycles. The summed E-state index contributed by atoms with van der Waals surface area (Å²) < 4.78 is 10.7. The smallest absolute Gasteiger partial charge is 0.275 e. The molecule has 3 rings (SSSR count). The number of amides is 1. The third-order valence-electron chi connectivity index (χ3n) is 3.56. The number of ether oxygens (including phenoxy) is 2. The monoisotopic (exact) mass is 342 g/mol. The fourth-order valence-corrected chi connectivity index (χ4v) is 2.60. The first kappa shape index (κ1) is 16.1. The Labute approximate surface area is 144 Å². The Kier molecular flexibility index (Phi) is 4.53. The number of hydrogen-bond donors (Lipinski definition) is 1. The van der Waals surface area contributed by atoms with E-state index in [0.717, 1.165) is 5.56 Å². The van der Waals surface area contributed by atoms with E-state index in [2.05, 4.69) is 10.3 Å². The van der Waals surface area contributed by atoms with Gasteiger partial charge in [0.25, 0.3) is 5.91 Å². The fourth-order valence-electron chi connectivity index (χ4n) is 2.41. The normalized spacial score (nSPS) is 15.2. The predicted octanol–water partition coefficient (Wildman–Crippen LogP) is 3.27. The van der Waals surface area contributed by atoms with Crippen molar-refractivity contribution < 1.29 is 14.3 Å². The Hall–Kier alpha value is -2.79. The molecule has 1 heterocycles. The van der Waals surface area contributed by atoms with Crippen LogP contribution >= 0.6 is 11.6 Å². The zero-order valence-corrected chi connectivity index (χ0v) is 13.9. The van der Waals surface area contributed by atoms with Crippen LogP contribution in [0.25, 0.3) is 6.08 Å². The number of carbonyl (C=O) groups excluding carboxylic acids is 1. The largest absolute Gasteiger partial charge is 0.496 e. The quantitative estimate of drug-likeness (QED) is 0.867.